The minimum absolute atomic E-state index is 0.0112. The summed E-state index contributed by atoms with van der Waals surface area (Å²) in [4.78, 5) is 0. The predicted octanol–water partition coefficient (Wildman–Crippen LogP) is 5.68. The van der Waals surface area contributed by atoms with Crippen molar-refractivity contribution in [3.63, 3.8) is 0 Å². The van der Waals surface area contributed by atoms with Gasteiger partial charge in [0, 0.05) is 12.0 Å². The lowest BCUT2D eigenvalue weighted by molar-refractivity contribution is 0.273. The van der Waals surface area contributed by atoms with E-state index >= 15 is 0 Å². The SMILES string of the molecule is COC=C[C@@]1(c2ccccc2)C[C@H]1CO[Si](c1ccccc1)(c1ccccc1)C(C)(C)C. The Hall–Kier alpha value is -2.62. The topological polar surface area (TPSA) is 18.5 Å². The third-order valence-electron chi connectivity index (χ3n) is 6.88. The maximum atomic E-state index is 7.21. The molecule has 3 aromatic rings. The molecule has 4 rings (SSSR count). The van der Waals surface area contributed by atoms with Crippen LogP contribution in [0.2, 0.25) is 5.04 Å². The fourth-order valence-corrected chi connectivity index (χ4v) is 9.74. The maximum Gasteiger partial charge on any atom is 0.261 e. The quantitative estimate of drug-likeness (QED) is 0.330. The summed E-state index contributed by atoms with van der Waals surface area (Å²) in [5.74, 6) is 0.429. The summed E-state index contributed by atoms with van der Waals surface area (Å²) in [5.41, 5.74) is 1.33. The average molecular weight is 443 g/mol. The number of ether oxygens (including phenoxy) is 1. The molecule has 0 spiro atoms. The summed E-state index contributed by atoms with van der Waals surface area (Å²) >= 11 is 0. The largest absolute Gasteiger partial charge is 0.505 e. The van der Waals surface area contributed by atoms with E-state index in [0.717, 1.165) is 13.0 Å². The van der Waals surface area contributed by atoms with E-state index in [0.29, 0.717) is 5.92 Å². The summed E-state index contributed by atoms with van der Waals surface area (Å²) in [6, 6.07) is 32.5. The smallest absolute Gasteiger partial charge is 0.261 e. The molecule has 2 nitrogen and oxygen atoms in total. The zero-order valence-electron chi connectivity index (χ0n) is 19.6. The van der Waals surface area contributed by atoms with E-state index in [9.17, 15) is 0 Å². The van der Waals surface area contributed by atoms with Crippen LogP contribution in [0.25, 0.3) is 0 Å². The van der Waals surface area contributed by atoms with Gasteiger partial charge in [0.1, 0.15) is 0 Å². The molecular formula is C29H34O2Si. The molecule has 0 saturated heterocycles. The Kier molecular flexibility index (Phi) is 6.41. The van der Waals surface area contributed by atoms with Crippen molar-refractivity contribution in [3.8, 4) is 0 Å². The first-order valence-corrected chi connectivity index (χ1v) is 13.4. The first kappa shape index (κ1) is 22.6. The Balaban J connectivity index is 1.71. The second-order valence-corrected chi connectivity index (χ2v) is 14.1. The van der Waals surface area contributed by atoms with Crippen molar-refractivity contribution in [1.29, 1.82) is 0 Å². The van der Waals surface area contributed by atoms with Crippen molar-refractivity contribution in [2.75, 3.05) is 13.7 Å². The van der Waals surface area contributed by atoms with Crippen LogP contribution >= 0.6 is 0 Å². The molecule has 3 aromatic carbocycles. The molecule has 0 N–H and O–H groups in total. The molecule has 0 amide bonds. The highest BCUT2D eigenvalue weighted by atomic mass is 28.4. The number of hydrogen-bond donors (Lipinski definition) is 0. The van der Waals surface area contributed by atoms with Crippen LogP contribution in [0.15, 0.2) is 103 Å². The van der Waals surface area contributed by atoms with Crippen molar-refractivity contribution in [3.05, 3.63) is 109 Å². The van der Waals surface area contributed by atoms with E-state index in [1.54, 1.807) is 7.11 Å². The van der Waals surface area contributed by atoms with Gasteiger partial charge in [0.05, 0.1) is 13.4 Å². The van der Waals surface area contributed by atoms with E-state index in [1.165, 1.54) is 15.9 Å². The van der Waals surface area contributed by atoms with Gasteiger partial charge in [-0.1, -0.05) is 112 Å². The zero-order chi connectivity index (χ0) is 22.7. The van der Waals surface area contributed by atoms with Crippen molar-refractivity contribution < 1.29 is 9.16 Å². The minimum Gasteiger partial charge on any atom is -0.505 e. The second-order valence-electron chi connectivity index (χ2n) is 9.82. The number of allylic oxidation sites excluding steroid dienone is 1. The van der Waals surface area contributed by atoms with Crippen molar-refractivity contribution in [2.24, 2.45) is 5.92 Å². The van der Waals surface area contributed by atoms with Crippen molar-refractivity contribution >= 4 is 18.7 Å². The number of benzene rings is 3. The molecule has 0 unspecified atom stereocenters. The Bertz CT molecular complexity index is 986. The first-order chi connectivity index (χ1) is 15.4. The molecule has 3 heteroatoms. The van der Waals surface area contributed by atoms with Crippen LogP contribution in [0.5, 0.6) is 0 Å². The Morgan fingerprint density at radius 2 is 1.34 bits per heavy atom. The van der Waals surface area contributed by atoms with Crippen LogP contribution in [0.3, 0.4) is 0 Å². The molecule has 1 saturated carbocycles. The third kappa shape index (κ3) is 4.07. The van der Waals surface area contributed by atoms with Crippen LogP contribution in [0.1, 0.15) is 32.8 Å². The molecule has 2 atom stereocenters. The third-order valence-corrected chi connectivity index (χ3v) is 11.9. The molecule has 0 radical (unpaired) electrons. The number of methoxy groups -OCH3 is 1. The molecule has 0 aromatic heterocycles. The normalized spacial score (nSPS) is 20.9. The van der Waals surface area contributed by atoms with E-state index < -0.39 is 8.32 Å². The molecule has 1 fully saturated rings. The summed E-state index contributed by atoms with van der Waals surface area (Å²) in [7, 11) is -0.808. The molecular weight excluding hydrogens is 408 g/mol. The lowest BCUT2D eigenvalue weighted by Crippen LogP contribution is -2.66. The van der Waals surface area contributed by atoms with Gasteiger partial charge < -0.3 is 9.16 Å². The standard InChI is InChI=1S/C29H34O2Si/c1-28(2,3)32(26-16-10-6-11-17-26,27-18-12-7-13-19-27)31-23-25-22-29(25,20-21-30-4)24-14-8-5-9-15-24/h5-21,25H,22-23H2,1-4H3/t25-,29-/m0/s1. The van der Waals surface area contributed by atoms with Crippen LogP contribution in [-0.4, -0.2) is 22.0 Å². The lowest BCUT2D eigenvalue weighted by Gasteiger charge is -2.43. The highest BCUT2D eigenvalue weighted by Crippen LogP contribution is 2.56. The number of rotatable bonds is 8. The fourth-order valence-electron chi connectivity index (χ4n) is 5.14. The van der Waals surface area contributed by atoms with E-state index in [-0.39, 0.29) is 10.5 Å². The second kappa shape index (κ2) is 9.09. The first-order valence-electron chi connectivity index (χ1n) is 11.4. The summed E-state index contributed by atoms with van der Waals surface area (Å²) in [6.45, 7) is 7.74. The van der Waals surface area contributed by atoms with E-state index in [4.69, 9.17) is 9.16 Å². The molecule has 0 bridgehead atoms. The fraction of sp³-hybridized carbons (Fsp3) is 0.310. The molecule has 166 valence electrons. The summed E-state index contributed by atoms with van der Waals surface area (Å²) in [5, 5.41) is 2.65. The Morgan fingerprint density at radius 3 is 1.81 bits per heavy atom. The predicted molar refractivity (Wildman–Crippen MR) is 136 cm³/mol. The molecule has 32 heavy (non-hydrogen) atoms. The van der Waals surface area contributed by atoms with Gasteiger partial charge >= 0.3 is 0 Å². The molecule has 0 aliphatic heterocycles. The van der Waals surface area contributed by atoms with E-state index in [1.807, 2.05) is 6.26 Å². The highest BCUT2D eigenvalue weighted by molar-refractivity contribution is 6.99. The average Bonchev–Trinajstić information content (AvgIpc) is 3.53. The van der Waals surface area contributed by atoms with Gasteiger partial charge in [-0.05, 0) is 39.4 Å². The Morgan fingerprint density at radius 1 is 0.844 bits per heavy atom. The van der Waals surface area contributed by atoms with Crippen LogP contribution in [-0.2, 0) is 14.6 Å². The highest BCUT2D eigenvalue weighted by Gasteiger charge is 2.56. The monoisotopic (exact) mass is 442 g/mol. The van der Waals surface area contributed by atoms with Gasteiger partial charge in [-0.2, -0.15) is 0 Å². The van der Waals surface area contributed by atoms with E-state index in [2.05, 4.69) is 118 Å². The van der Waals surface area contributed by atoms with Gasteiger partial charge in [0.15, 0.2) is 0 Å². The molecule has 1 aliphatic rings. The van der Waals surface area contributed by atoms with Gasteiger partial charge in [-0.3, -0.25) is 0 Å². The molecule has 0 heterocycles. The lowest BCUT2D eigenvalue weighted by atomic mass is 9.93. The summed E-state index contributed by atoms with van der Waals surface area (Å²) < 4.78 is 12.5. The van der Waals surface area contributed by atoms with Gasteiger partial charge in [0.25, 0.3) is 8.32 Å². The minimum atomic E-state index is -2.52. The van der Waals surface area contributed by atoms with Crippen LogP contribution in [0, 0.1) is 5.92 Å². The summed E-state index contributed by atoms with van der Waals surface area (Å²) in [6.07, 6.45) is 5.13. The van der Waals surface area contributed by atoms with Crippen LogP contribution in [0.4, 0.5) is 0 Å². The van der Waals surface area contributed by atoms with Gasteiger partial charge in [-0.25, -0.2) is 0 Å². The maximum absolute atomic E-state index is 7.21. The Labute approximate surface area is 194 Å². The molecule has 1 aliphatic carbocycles. The zero-order valence-corrected chi connectivity index (χ0v) is 20.6. The number of hydrogen-bond acceptors (Lipinski definition) is 2. The van der Waals surface area contributed by atoms with Gasteiger partial charge in [0.2, 0.25) is 0 Å². The van der Waals surface area contributed by atoms with Crippen LogP contribution < -0.4 is 10.4 Å². The van der Waals surface area contributed by atoms with Crippen molar-refractivity contribution in [1.82, 2.24) is 0 Å². The van der Waals surface area contributed by atoms with Gasteiger partial charge in [-0.15, -0.1) is 0 Å². The van der Waals surface area contributed by atoms with Crippen molar-refractivity contribution in [2.45, 2.75) is 37.6 Å².